The maximum Gasteiger partial charge on any atom is 0.0277 e. The SMILES string of the molecule is CCNC(C)CCCCN1CCN(C)C(C)(C)C1. The third-order valence-corrected chi connectivity index (χ3v) is 4.31. The van der Waals surface area contributed by atoms with E-state index in [1.54, 1.807) is 0 Å². The molecule has 0 amide bonds. The Morgan fingerprint density at radius 1 is 1.22 bits per heavy atom. The number of nitrogens with zero attached hydrogens (tertiary/aromatic N) is 2. The summed E-state index contributed by atoms with van der Waals surface area (Å²) >= 11 is 0. The lowest BCUT2D eigenvalue weighted by Crippen LogP contribution is -2.57. The van der Waals surface area contributed by atoms with Crippen molar-refractivity contribution in [3.8, 4) is 0 Å². The fourth-order valence-electron chi connectivity index (χ4n) is 2.77. The minimum Gasteiger partial charge on any atom is -0.315 e. The van der Waals surface area contributed by atoms with E-state index in [9.17, 15) is 0 Å². The van der Waals surface area contributed by atoms with Crippen molar-refractivity contribution in [3.63, 3.8) is 0 Å². The number of rotatable bonds is 7. The van der Waals surface area contributed by atoms with Crippen molar-refractivity contribution in [1.82, 2.24) is 15.1 Å². The van der Waals surface area contributed by atoms with Crippen LogP contribution in [0.1, 0.15) is 47.0 Å². The van der Waals surface area contributed by atoms with Gasteiger partial charge in [0, 0.05) is 31.2 Å². The Bertz CT molecular complexity index is 228. The summed E-state index contributed by atoms with van der Waals surface area (Å²) < 4.78 is 0. The highest BCUT2D eigenvalue weighted by atomic mass is 15.3. The molecule has 0 aromatic carbocycles. The van der Waals surface area contributed by atoms with Gasteiger partial charge in [-0.1, -0.05) is 13.3 Å². The molecule has 1 rings (SSSR count). The first-order valence-electron chi connectivity index (χ1n) is 7.62. The van der Waals surface area contributed by atoms with Gasteiger partial charge in [0.1, 0.15) is 0 Å². The Morgan fingerprint density at radius 3 is 2.56 bits per heavy atom. The Kier molecular flexibility index (Phi) is 6.61. The van der Waals surface area contributed by atoms with Crippen LogP contribution in [0.25, 0.3) is 0 Å². The van der Waals surface area contributed by atoms with E-state index in [0.717, 1.165) is 6.54 Å². The summed E-state index contributed by atoms with van der Waals surface area (Å²) in [5.41, 5.74) is 0.343. The lowest BCUT2D eigenvalue weighted by molar-refractivity contribution is 0.0392. The minimum absolute atomic E-state index is 0.343. The Morgan fingerprint density at radius 2 is 1.94 bits per heavy atom. The molecule has 0 spiro atoms. The van der Waals surface area contributed by atoms with Crippen LogP contribution in [-0.4, -0.2) is 61.2 Å². The van der Waals surface area contributed by atoms with Crippen molar-refractivity contribution < 1.29 is 0 Å². The molecule has 1 heterocycles. The minimum atomic E-state index is 0.343. The van der Waals surface area contributed by atoms with Crippen LogP contribution in [0.4, 0.5) is 0 Å². The van der Waals surface area contributed by atoms with Gasteiger partial charge in [-0.2, -0.15) is 0 Å². The van der Waals surface area contributed by atoms with Gasteiger partial charge in [-0.05, 0) is 53.8 Å². The first-order valence-corrected chi connectivity index (χ1v) is 7.62. The first-order chi connectivity index (χ1) is 8.45. The van der Waals surface area contributed by atoms with Crippen LogP contribution in [0.15, 0.2) is 0 Å². The summed E-state index contributed by atoms with van der Waals surface area (Å²) in [6, 6.07) is 0.680. The van der Waals surface area contributed by atoms with E-state index < -0.39 is 0 Å². The van der Waals surface area contributed by atoms with Crippen molar-refractivity contribution in [2.75, 3.05) is 39.8 Å². The summed E-state index contributed by atoms with van der Waals surface area (Å²) in [4.78, 5) is 5.12. The molecular formula is C15H33N3. The van der Waals surface area contributed by atoms with E-state index in [0.29, 0.717) is 11.6 Å². The normalized spacial score (nSPS) is 23.2. The smallest absolute Gasteiger partial charge is 0.0277 e. The van der Waals surface area contributed by atoms with Crippen molar-refractivity contribution in [3.05, 3.63) is 0 Å². The topological polar surface area (TPSA) is 18.5 Å². The maximum atomic E-state index is 3.48. The van der Waals surface area contributed by atoms with E-state index >= 15 is 0 Å². The van der Waals surface area contributed by atoms with E-state index in [1.165, 1.54) is 45.4 Å². The number of nitrogens with one attached hydrogen (secondary N) is 1. The molecule has 0 aliphatic carbocycles. The maximum absolute atomic E-state index is 3.48. The fourth-order valence-corrected chi connectivity index (χ4v) is 2.77. The molecule has 0 bridgehead atoms. The van der Waals surface area contributed by atoms with Gasteiger partial charge in [0.25, 0.3) is 0 Å². The number of hydrogen-bond donors (Lipinski definition) is 1. The highest BCUT2D eigenvalue weighted by Crippen LogP contribution is 2.19. The lowest BCUT2D eigenvalue weighted by Gasteiger charge is -2.45. The van der Waals surface area contributed by atoms with Gasteiger partial charge in [-0.25, -0.2) is 0 Å². The molecule has 0 radical (unpaired) electrons. The van der Waals surface area contributed by atoms with E-state index in [4.69, 9.17) is 0 Å². The lowest BCUT2D eigenvalue weighted by atomic mass is 9.99. The predicted octanol–water partition coefficient (Wildman–Crippen LogP) is 2.18. The Labute approximate surface area is 114 Å². The Hall–Kier alpha value is -0.120. The number of unbranched alkanes of at least 4 members (excludes halogenated alkanes) is 1. The second-order valence-electron chi connectivity index (χ2n) is 6.46. The summed E-state index contributed by atoms with van der Waals surface area (Å²) in [5, 5.41) is 3.48. The van der Waals surface area contributed by atoms with Gasteiger partial charge < -0.3 is 10.2 Å². The highest BCUT2D eigenvalue weighted by Gasteiger charge is 2.30. The average molecular weight is 255 g/mol. The van der Waals surface area contributed by atoms with Crippen molar-refractivity contribution in [1.29, 1.82) is 0 Å². The number of hydrogen-bond acceptors (Lipinski definition) is 3. The number of likely N-dealkylation sites (N-methyl/N-ethyl adjacent to an activating group) is 1. The van der Waals surface area contributed by atoms with Gasteiger partial charge in [0.05, 0.1) is 0 Å². The molecule has 0 aromatic rings. The van der Waals surface area contributed by atoms with Gasteiger partial charge >= 0.3 is 0 Å². The van der Waals surface area contributed by atoms with Crippen LogP contribution in [0.3, 0.4) is 0 Å². The molecule has 3 heteroatoms. The molecule has 1 N–H and O–H groups in total. The summed E-state index contributed by atoms with van der Waals surface area (Å²) in [6.45, 7) is 15.2. The van der Waals surface area contributed by atoms with Crippen LogP contribution in [0.2, 0.25) is 0 Å². The molecule has 0 aromatic heterocycles. The predicted molar refractivity (Wildman–Crippen MR) is 80.1 cm³/mol. The zero-order valence-corrected chi connectivity index (χ0v) is 13.1. The second kappa shape index (κ2) is 7.46. The molecule has 1 unspecified atom stereocenters. The van der Waals surface area contributed by atoms with Gasteiger partial charge in [0.2, 0.25) is 0 Å². The molecule has 18 heavy (non-hydrogen) atoms. The molecule has 1 fully saturated rings. The summed E-state index contributed by atoms with van der Waals surface area (Å²) in [6.07, 6.45) is 4.00. The monoisotopic (exact) mass is 255 g/mol. The van der Waals surface area contributed by atoms with E-state index in [1.807, 2.05) is 0 Å². The molecule has 0 saturated carbocycles. The van der Waals surface area contributed by atoms with Gasteiger partial charge in [-0.3, -0.25) is 4.90 Å². The van der Waals surface area contributed by atoms with Gasteiger partial charge in [-0.15, -0.1) is 0 Å². The molecule has 1 saturated heterocycles. The third-order valence-electron chi connectivity index (χ3n) is 4.31. The second-order valence-corrected chi connectivity index (χ2v) is 6.46. The van der Waals surface area contributed by atoms with Crippen LogP contribution in [-0.2, 0) is 0 Å². The van der Waals surface area contributed by atoms with Crippen LogP contribution in [0.5, 0.6) is 0 Å². The van der Waals surface area contributed by atoms with Crippen molar-refractivity contribution >= 4 is 0 Å². The number of piperazine rings is 1. The molecule has 3 nitrogen and oxygen atoms in total. The van der Waals surface area contributed by atoms with Crippen molar-refractivity contribution in [2.24, 2.45) is 0 Å². The largest absolute Gasteiger partial charge is 0.315 e. The first kappa shape index (κ1) is 15.9. The highest BCUT2D eigenvalue weighted by molar-refractivity contribution is 4.88. The molecular weight excluding hydrogens is 222 g/mol. The van der Waals surface area contributed by atoms with Gasteiger partial charge in [0.15, 0.2) is 0 Å². The van der Waals surface area contributed by atoms with E-state index in [2.05, 4.69) is 49.9 Å². The van der Waals surface area contributed by atoms with Crippen LogP contribution >= 0.6 is 0 Å². The fraction of sp³-hybridized carbons (Fsp3) is 1.00. The third kappa shape index (κ3) is 5.25. The summed E-state index contributed by atoms with van der Waals surface area (Å²) in [7, 11) is 2.25. The molecule has 1 aliphatic rings. The Balaban J connectivity index is 2.13. The zero-order valence-electron chi connectivity index (χ0n) is 13.1. The van der Waals surface area contributed by atoms with Crippen molar-refractivity contribution in [2.45, 2.75) is 58.5 Å². The van der Waals surface area contributed by atoms with E-state index in [-0.39, 0.29) is 0 Å². The molecule has 108 valence electrons. The standard InChI is InChI=1S/C15H33N3/c1-6-16-14(2)9-7-8-10-18-12-11-17(5)15(3,4)13-18/h14,16H,6-13H2,1-5H3. The van der Waals surface area contributed by atoms with Crippen LogP contribution < -0.4 is 5.32 Å². The molecule has 1 aliphatic heterocycles. The quantitative estimate of drug-likeness (QED) is 0.704. The average Bonchev–Trinajstić information content (AvgIpc) is 2.29. The zero-order chi connectivity index (χ0) is 13.6. The molecule has 1 atom stereocenters. The van der Waals surface area contributed by atoms with Crippen LogP contribution in [0, 0.1) is 0 Å². The summed E-state index contributed by atoms with van der Waals surface area (Å²) in [5.74, 6) is 0.